The highest BCUT2D eigenvalue weighted by Gasteiger charge is 2.16. The van der Waals surface area contributed by atoms with Crippen LogP contribution in [-0.2, 0) is 6.54 Å². The van der Waals surface area contributed by atoms with Crippen LogP contribution >= 0.6 is 0 Å². The second-order valence-corrected chi connectivity index (χ2v) is 6.04. The number of carboxylic acids is 1. The normalized spacial score (nSPS) is 14.6. The van der Waals surface area contributed by atoms with Crippen molar-refractivity contribution in [1.82, 2.24) is 4.57 Å². The predicted octanol–water partition coefficient (Wildman–Crippen LogP) is 2.29. The van der Waals surface area contributed by atoms with Gasteiger partial charge in [0, 0.05) is 31.5 Å². The van der Waals surface area contributed by atoms with Crippen molar-refractivity contribution in [2.75, 3.05) is 18.0 Å². The number of nitrogens with zero attached hydrogens (tertiary/aromatic N) is 2. The number of hydrogen-bond donors (Lipinski definition) is 2. The van der Waals surface area contributed by atoms with E-state index >= 15 is 0 Å². The van der Waals surface area contributed by atoms with Crippen molar-refractivity contribution in [1.29, 1.82) is 0 Å². The molecular formula is C18H20N2O4. The maximum Gasteiger partial charge on any atom is 0.341 e. The summed E-state index contributed by atoms with van der Waals surface area (Å²) in [7, 11) is 0. The average molecular weight is 328 g/mol. The molecule has 3 rings (SSSR count). The largest absolute Gasteiger partial charge is 0.503 e. The number of benzene rings is 1. The molecule has 0 amide bonds. The lowest BCUT2D eigenvalue weighted by atomic mass is 10.1. The summed E-state index contributed by atoms with van der Waals surface area (Å²) >= 11 is 0. The van der Waals surface area contributed by atoms with Crippen LogP contribution in [0.3, 0.4) is 0 Å². The minimum absolute atomic E-state index is 0.390. The number of hydrogen-bond acceptors (Lipinski definition) is 4. The van der Waals surface area contributed by atoms with E-state index in [-0.39, 0.29) is 0 Å². The summed E-state index contributed by atoms with van der Waals surface area (Å²) in [5, 5.41) is 18.8. The van der Waals surface area contributed by atoms with Gasteiger partial charge in [-0.1, -0.05) is 18.2 Å². The smallest absolute Gasteiger partial charge is 0.341 e. The number of carboxylic acid groups (broad SMARTS) is 1. The van der Waals surface area contributed by atoms with Gasteiger partial charge in [0.2, 0.25) is 5.43 Å². The van der Waals surface area contributed by atoms with E-state index in [1.807, 2.05) is 18.2 Å². The van der Waals surface area contributed by atoms with Crippen LogP contribution in [0, 0.1) is 0 Å². The Morgan fingerprint density at radius 3 is 2.50 bits per heavy atom. The molecule has 1 fully saturated rings. The predicted molar refractivity (Wildman–Crippen MR) is 90.9 cm³/mol. The van der Waals surface area contributed by atoms with Crippen molar-refractivity contribution >= 4 is 11.7 Å². The number of para-hydroxylation sites is 1. The van der Waals surface area contributed by atoms with E-state index in [0.29, 0.717) is 6.54 Å². The van der Waals surface area contributed by atoms with Gasteiger partial charge in [0.1, 0.15) is 5.56 Å². The Hall–Kier alpha value is -2.76. The summed E-state index contributed by atoms with van der Waals surface area (Å²) in [6.45, 7) is 2.40. The molecule has 2 N–H and O–H groups in total. The summed E-state index contributed by atoms with van der Waals surface area (Å²) in [6.07, 6.45) is 6.12. The molecule has 1 saturated heterocycles. The average Bonchev–Trinajstić information content (AvgIpc) is 2.59. The summed E-state index contributed by atoms with van der Waals surface area (Å²) < 4.78 is 1.54. The highest BCUT2D eigenvalue weighted by atomic mass is 16.4. The molecule has 2 aromatic rings. The Balaban J connectivity index is 1.94. The van der Waals surface area contributed by atoms with E-state index < -0.39 is 22.7 Å². The van der Waals surface area contributed by atoms with Crippen molar-refractivity contribution in [2.24, 2.45) is 0 Å². The van der Waals surface area contributed by atoms with Crippen LogP contribution in [0.15, 0.2) is 41.5 Å². The molecule has 0 saturated carbocycles. The van der Waals surface area contributed by atoms with E-state index in [2.05, 4.69) is 11.0 Å². The zero-order chi connectivity index (χ0) is 17.1. The minimum Gasteiger partial charge on any atom is -0.503 e. The third-order valence-corrected chi connectivity index (χ3v) is 4.33. The Kier molecular flexibility index (Phi) is 4.55. The summed E-state index contributed by atoms with van der Waals surface area (Å²) in [6, 6.07) is 7.96. The molecule has 1 aliphatic heterocycles. The van der Waals surface area contributed by atoms with Crippen LogP contribution in [0.2, 0.25) is 0 Å². The van der Waals surface area contributed by atoms with E-state index in [0.717, 1.165) is 37.2 Å². The first-order valence-corrected chi connectivity index (χ1v) is 8.05. The third kappa shape index (κ3) is 3.27. The van der Waals surface area contributed by atoms with Crippen LogP contribution in [0.4, 0.5) is 5.69 Å². The maximum absolute atomic E-state index is 11.7. The third-order valence-electron chi connectivity index (χ3n) is 4.33. The van der Waals surface area contributed by atoms with Crippen molar-refractivity contribution in [3.05, 3.63) is 58.0 Å². The van der Waals surface area contributed by atoms with Gasteiger partial charge < -0.3 is 19.7 Å². The first-order chi connectivity index (χ1) is 11.6. The van der Waals surface area contributed by atoms with E-state index in [9.17, 15) is 14.7 Å². The Morgan fingerprint density at radius 1 is 1.08 bits per heavy atom. The molecule has 0 bridgehead atoms. The number of aromatic carboxylic acids is 1. The minimum atomic E-state index is -1.34. The molecule has 0 spiro atoms. The summed E-state index contributed by atoms with van der Waals surface area (Å²) in [4.78, 5) is 25.2. The molecule has 1 aromatic heterocycles. The molecule has 2 heterocycles. The number of rotatable bonds is 4. The second-order valence-electron chi connectivity index (χ2n) is 6.04. The van der Waals surface area contributed by atoms with Crippen LogP contribution in [0.1, 0.15) is 35.2 Å². The van der Waals surface area contributed by atoms with Crippen molar-refractivity contribution in [3.63, 3.8) is 0 Å². The lowest BCUT2D eigenvalue weighted by Gasteiger charge is -2.30. The van der Waals surface area contributed by atoms with Gasteiger partial charge in [-0.25, -0.2) is 4.79 Å². The topological polar surface area (TPSA) is 82.8 Å². The molecule has 0 unspecified atom stereocenters. The van der Waals surface area contributed by atoms with Gasteiger partial charge >= 0.3 is 5.97 Å². The fourth-order valence-electron chi connectivity index (χ4n) is 3.14. The quantitative estimate of drug-likeness (QED) is 0.900. The van der Waals surface area contributed by atoms with Gasteiger partial charge in [-0.2, -0.15) is 0 Å². The molecule has 1 aliphatic rings. The highest BCUT2D eigenvalue weighted by Crippen LogP contribution is 2.25. The van der Waals surface area contributed by atoms with Crippen molar-refractivity contribution in [3.8, 4) is 5.75 Å². The molecule has 126 valence electrons. The van der Waals surface area contributed by atoms with Gasteiger partial charge in [0.05, 0.1) is 6.20 Å². The fraction of sp³-hybridized carbons (Fsp3) is 0.333. The zero-order valence-corrected chi connectivity index (χ0v) is 13.3. The summed E-state index contributed by atoms with van der Waals surface area (Å²) in [5.41, 5.74) is 0.861. The van der Waals surface area contributed by atoms with Crippen molar-refractivity contribution < 1.29 is 15.0 Å². The highest BCUT2D eigenvalue weighted by molar-refractivity contribution is 5.87. The van der Waals surface area contributed by atoms with Gasteiger partial charge in [0.15, 0.2) is 5.75 Å². The van der Waals surface area contributed by atoms with E-state index in [1.54, 1.807) is 4.57 Å². The van der Waals surface area contributed by atoms with Crippen LogP contribution in [-0.4, -0.2) is 33.8 Å². The molecule has 0 aliphatic carbocycles. The lowest BCUT2D eigenvalue weighted by molar-refractivity contribution is 0.0694. The molecule has 6 heteroatoms. The van der Waals surface area contributed by atoms with Gasteiger partial charge in [0.25, 0.3) is 0 Å². The lowest BCUT2D eigenvalue weighted by Crippen LogP contribution is -2.30. The standard InChI is InChI=1S/C18H20N2O4/c21-16-12-19(11-14(17(16)22)18(23)24)10-13-6-2-3-7-15(13)20-8-4-1-5-9-20/h2-3,6-7,11-12,21H,1,4-5,8-10H2,(H,23,24). The Morgan fingerprint density at radius 2 is 1.79 bits per heavy atom. The van der Waals surface area contributed by atoms with Crippen molar-refractivity contribution in [2.45, 2.75) is 25.8 Å². The number of aromatic hydroxyl groups is 1. The van der Waals surface area contributed by atoms with Gasteiger partial charge in [-0.05, 0) is 30.9 Å². The Labute approximate surface area is 139 Å². The van der Waals surface area contributed by atoms with E-state index in [1.165, 1.54) is 18.8 Å². The fourth-order valence-corrected chi connectivity index (χ4v) is 3.14. The molecule has 24 heavy (non-hydrogen) atoms. The molecular weight excluding hydrogens is 308 g/mol. The second kappa shape index (κ2) is 6.78. The van der Waals surface area contributed by atoms with Gasteiger partial charge in [-0.3, -0.25) is 4.79 Å². The SMILES string of the molecule is O=C(O)c1cn(Cc2ccccc2N2CCCCC2)cc(O)c1=O. The number of pyridine rings is 1. The van der Waals surface area contributed by atoms with Crippen LogP contribution < -0.4 is 10.3 Å². The summed E-state index contributed by atoms with van der Waals surface area (Å²) in [5.74, 6) is -1.89. The van der Waals surface area contributed by atoms with Crippen LogP contribution in [0.5, 0.6) is 5.75 Å². The molecule has 6 nitrogen and oxygen atoms in total. The van der Waals surface area contributed by atoms with Crippen LogP contribution in [0.25, 0.3) is 0 Å². The molecule has 1 aromatic carbocycles. The van der Waals surface area contributed by atoms with Gasteiger partial charge in [-0.15, -0.1) is 0 Å². The first kappa shape index (κ1) is 16.1. The maximum atomic E-state index is 11.7. The monoisotopic (exact) mass is 328 g/mol. The number of anilines is 1. The number of piperidine rings is 1. The zero-order valence-electron chi connectivity index (χ0n) is 13.3. The first-order valence-electron chi connectivity index (χ1n) is 8.05. The Bertz CT molecular complexity index is 807. The molecule has 0 atom stereocenters. The number of aromatic nitrogens is 1. The van der Waals surface area contributed by atoms with E-state index in [4.69, 9.17) is 5.11 Å². The molecule has 0 radical (unpaired) electrons. The number of carbonyl (C=O) groups is 1.